The van der Waals surface area contributed by atoms with E-state index in [0.29, 0.717) is 23.6 Å². The van der Waals surface area contributed by atoms with Crippen LogP contribution in [0, 0.1) is 0 Å². The van der Waals surface area contributed by atoms with Crippen LogP contribution in [-0.2, 0) is 6.54 Å². The molecule has 0 aliphatic heterocycles. The predicted octanol–water partition coefficient (Wildman–Crippen LogP) is 3.40. The summed E-state index contributed by atoms with van der Waals surface area (Å²) in [5, 5.41) is 2.87. The lowest BCUT2D eigenvalue weighted by molar-refractivity contribution is 0.0947. The maximum absolute atomic E-state index is 12.3. The van der Waals surface area contributed by atoms with Crippen molar-refractivity contribution in [1.82, 2.24) is 5.32 Å². The standard InChI is InChI=1S/C16H16BrNO3/c1-20-13-7-8-15(21-2)14(9-13)16(19)18-10-11-3-5-12(17)6-4-11/h3-9H,10H2,1-2H3,(H,18,19). The highest BCUT2D eigenvalue weighted by atomic mass is 79.9. The maximum atomic E-state index is 12.3. The van der Waals surface area contributed by atoms with Crippen LogP contribution < -0.4 is 14.8 Å². The second kappa shape index (κ2) is 7.13. The Kier molecular flexibility index (Phi) is 5.22. The Morgan fingerprint density at radius 2 is 1.81 bits per heavy atom. The van der Waals surface area contributed by atoms with Crippen molar-refractivity contribution in [3.8, 4) is 11.5 Å². The van der Waals surface area contributed by atoms with Gasteiger partial charge in [0.25, 0.3) is 5.91 Å². The van der Waals surface area contributed by atoms with Crippen molar-refractivity contribution in [3.63, 3.8) is 0 Å². The molecule has 0 bridgehead atoms. The molecule has 21 heavy (non-hydrogen) atoms. The van der Waals surface area contributed by atoms with Gasteiger partial charge in [0.2, 0.25) is 0 Å². The van der Waals surface area contributed by atoms with Crippen molar-refractivity contribution in [1.29, 1.82) is 0 Å². The molecular weight excluding hydrogens is 334 g/mol. The van der Waals surface area contributed by atoms with Gasteiger partial charge in [0.1, 0.15) is 11.5 Å². The molecule has 1 N–H and O–H groups in total. The molecule has 0 atom stereocenters. The molecule has 0 aliphatic carbocycles. The third-order valence-corrected chi connectivity index (χ3v) is 3.55. The molecular formula is C16H16BrNO3. The number of carbonyl (C=O) groups excluding carboxylic acids is 1. The topological polar surface area (TPSA) is 47.6 Å². The summed E-state index contributed by atoms with van der Waals surface area (Å²) < 4.78 is 11.4. The quantitative estimate of drug-likeness (QED) is 0.899. The van der Waals surface area contributed by atoms with Crippen LogP contribution in [0.3, 0.4) is 0 Å². The van der Waals surface area contributed by atoms with Gasteiger partial charge in [-0.25, -0.2) is 0 Å². The molecule has 2 rings (SSSR count). The van der Waals surface area contributed by atoms with Gasteiger partial charge in [-0.2, -0.15) is 0 Å². The van der Waals surface area contributed by atoms with Gasteiger partial charge in [0.15, 0.2) is 0 Å². The van der Waals surface area contributed by atoms with E-state index in [1.807, 2.05) is 24.3 Å². The Hall–Kier alpha value is -2.01. The molecule has 1 amide bonds. The van der Waals surface area contributed by atoms with Crippen molar-refractivity contribution in [2.75, 3.05) is 14.2 Å². The molecule has 0 saturated heterocycles. The summed E-state index contributed by atoms with van der Waals surface area (Å²) in [6.45, 7) is 0.451. The molecule has 0 heterocycles. The third kappa shape index (κ3) is 3.98. The van der Waals surface area contributed by atoms with Gasteiger partial charge >= 0.3 is 0 Å². The number of methoxy groups -OCH3 is 2. The van der Waals surface area contributed by atoms with E-state index in [2.05, 4.69) is 21.2 Å². The minimum Gasteiger partial charge on any atom is -0.497 e. The molecule has 0 aromatic heterocycles. The molecule has 110 valence electrons. The summed E-state index contributed by atoms with van der Waals surface area (Å²) in [5.41, 5.74) is 1.47. The predicted molar refractivity (Wildman–Crippen MR) is 84.9 cm³/mol. The normalized spacial score (nSPS) is 10.0. The van der Waals surface area contributed by atoms with Gasteiger partial charge in [0.05, 0.1) is 19.8 Å². The summed E-state index contributed by atoms with van der Waals surface area (Å²) in [7, 11) is 3.10. The third-order valence-electron chi connectivity index (χ3n) is 3.02. The van der Waals surface area contributed by atoms with Crippen LogP contribution in [-0.4, -0.2) is 20.1 Å². The Bertz CT molecular complexity index is 626. The van der Waals surface area contributed by atoms with Crippen molar-refractivity contribution in [2.24, 2.45) is 0 Å². The fourth-order valence-corrected chi connectivity index (χ4v) is 2.14. The highest BCUT2D eigenvalue weighted by Crippen LogP contribution is 2.23. The van der Waals surface area contributed by atoms with Gasteiger partial charge in [-0.05, 0) is 35.9 Å². The number of ether oxygens (including phenoxy) is 2. The van der Waals surface area contributed by atoms with E-state index in [9.17, 15) is 4.79 Å². The SMILES string of the molecule is COc1ccc(OC)c(C(=O)NCc2ccc(Br)cc2)c1. The molecule has 0 saturated carbocycles. The number of rotatable bonds is 5. The van der Waals surface area contributed by atoms with Crippen LogP contribution >= 0.6 is 15.9 Å². The molecule has 0 spiro atoms. The van der Waals surface area contributed by atoms with Crippen LogP contribution in [0.15, 0.2) is 46.9 Å². The van der Waals surface area contributed by atoms with Gasteiger partial charge in [0, 0.05) is 11.0 Å². The molecule has 0 unspecified atom stereocenters. The number of nitrogens with one attached hydrogen (secondary N) is 1. The van der Waals surface area contributed by atoms with Gasteiger partial charge in [-0.3, -0.25) is 4.79 Å². The fourth-order valence-electron chi connectivity index (χ4n) is 1.87. The molecule has 0 fully saturated rings. The van der Waals surface area contributed by atoms with E-state index < -0.39 is 0 Å². The van der Waals surface area contributed by atoms with E-state index in [1.165, 1.54) is 7.11 Å². The minimum absolute atomic E-state index is 0.200. The number of amides is 1. The Morgan fingerprint density at radius 1 is 1.10 bits per heavy atom. The average Bonchev–Trinajstić information content (AvgIpc) is 2.53. The first-order chi connectivity index (χ1) is 10.1. The van der Waals surface area contributed by atoms with Crippen molar-refractivity contribution in [2.45, 2.75) is 6.54 Å². The van der Waals surface area contributed by atoms with E-state index in [4.69, 9.17) is 9.47 Å². The zero-order valence-corrected chi connectivity index (χ0v) is 13.4. The van der Waals surface area contributed by atoms with Crippen LogP contribution in [0.2, 0.25) is 0 Å². The van der Waals surface area contributed by atoms with E-state index in [-0.39, 0.29) is 5.91 Å². The summed E-state index contributed by atoms with van der Waals surface area (Å²) in [5.74, 6) is 0.933. The molecule has 0 radical (unpaired) electrons. The zero-order chi connectivity index (χ0) is 15.2. The Morgan fingerprint density at radius 3 is 2.43 bits per heavy atom. The van der Waals surface area contributed by atoms with Crippen molar-refractivity contribution >= 4 is 21.8 Å². The van der Waals surface area contributed by atoms with Crippen LogP contribution in [0.1, 0.15) is 15.9 Å². The largest absolute Gasteiger partial charge is 0.497 e. The molecule has 5 heteroatoms. The van der Waals surface area contributed by atoms with Crippen LogP contribution in [0.5, 0.6) is 11.5 Å². The first-order valence-corrected chi connectivity index (χ1v) is 7.18. The number of hydrogen-bond donors (Lipinski definition) is 1. The first kappa shape index (κ1) is 15.4. The molecule has 4 nitrogen and oxygen atoms in total. The summed E-state index contributed by atoms with van der Waals surface area (Å²) >= 11 is 3.38. The lowest BCUT2D eigenvalue weighted by Gasteiger charge is -2.11. The monoisotopic (exact) mass is 349 g/mol. The van der Waals surface area contributed by atoms with E-state index >= 15 is 0 Å². The zero-order valence-electron chi connectivity index (χ0n) is 11.9. The van der Waals surface area contributed by atoms with Crippen molar-refractivity contribution < 1.29 is 14.3 Å². The van der Waals surface area contributed by atoms with Gasteiger partial charge < -0.3 is 14.8 Å². The Balaban J connectivity index is 2.10. The maximum Gasteiger partial charge on any atom is 0.255 e. The second-order valence-corrected chi connectivity index (χ2v) is 5.29. The lowest BCUT2D eigenvalue weighted by Crippen LogP contribution is -2.23. The minimum atomic E-state index is -0.200. The number of hydrogen-bond acceptors (Lipinski definition) is 3. The fraction of sp³-hybridized carbons (Fsp3) is 0.188. The van der Waals surface area contributed by atoms with Crippen LogP contribution in [0.25, 0.3) is 0 Å². The Labute approximate surface area is 132 Å². The summed E-state index contributed by atoms with van der Waals surface area (Å²) in [6, 6.07) is 12.9. The lowest BCUT2D eigenvalue weighted by atomic mass is 10.1. The summed E-state index contributed by atoms with van der Waals surface area (Å²) in [4.78, 5) is 12.3. The van der Waals surface area contributed by atoms with E-state index in [0.717, 1.165) is 10.0 Å². The smallest absolute Gasteiger partial charge is 0.255 e. The molecule has 0 aliphatic rings. The van der Waals surface area contributed by atoms with Gasteiger partial charge in [-0.1, -0.05) is 28.1 Å². The van der Waals surface area contributed by atoms with E-state index in [1.54, 1.807) is 25.3 Å². The summed E-state index contributed by atoms with van der Waals surface area (Å²) in [6.07, 6.45) is 0. The highest BCUT2D eigenvalue weighted by molar-refractivity contribution is 9.10. The highest BCUT2D eigenvalue weighted by Gasteiger charge is 2.13. The number of halogens is 1. The number of benzene rings is 2. The molecule has 2 aromatic rings. The second-order valence-electron chi connectivity index (χ2n) is 4.38. The first-order valence-electron chi connectivity index (χ1n) is 6.38. The van der Waals surface area contributed by atoms with Crippen molar-refractivity contribution in [3.05, 3.63) is 58.1 Å². The van der Waals surface area contributed by atoms with Gasteiger partial charge in [-0.15, -0.1) is 0 Å². The molecule has 2 aromatic carbocycles. The van der Waals surface area contributed by atoms with Crippen LogP contribution in [0.4, 0.5) is 0 Å². The average molecular weight is 350 g/mol. The number of carbonyl (C=O) groups is 1.